The molecular weight excluding hydrogens is 212 g/mol. The Balaban J connectivity index is 2.33. The summed E-state index contributed by atoms with van der Waals surface area (Å²) >= 11 is 3.78. The summed E-state index contributed by atoms with van der Waals surface area (Å²) in [5, 5.41) is 0. The summed E-state index contributed by atoms with van der Waals surface area (Å²) in [7, 11) is 0. The lowest BCUT2D eigenvalue weighted by molar-refractivity contribution is 0.258. The minimum Gasteiger partial charge on any atom is -0.0888 e. The molecule has 0 aromatic rings. The molecule has 0 nitrogen and oxygen atoms in total. The Hall–Kier alpha value is 0.480. The first-order valence-corrected chi connectivity index (χ1v) is 6.31. The molecule has 0 bridgehead atoms. The molecule has 1 saturated carbocycles. The third-order valence-corrected chi connectivity index (χ3v) is 4.84. The van der Waals surface area contributed by atoms with Gasteiger partial charge in [0.1, 0.15) is 0 Å². The van der Waals surface area contributed by atoms with Crippen LogP contribution in [0.25, 0.3) is 0 Å². The Morgan fingerprint density at radius 1 is 1.25 bits per heavy atom. The molecule has 1 aliphatic rings. The summed E-state index contributed by atoms with van der Waals surface area (Å²) < 4.78 is 0. The van der Waals surface area contributed by atoms with E-state index in [1.165, 1.54) is 38.5 Å². The second-order valence-electron chi connectivity index (χ2n) is 4.18. The molecule has 0 aliphatic heterocycles. The van der Waals surface area contributed by atoms with E-state index in [9.17, 15) is 0 Å². The third-order valence-electron chi connectivity index (χ3n) is 3.35. The molecule has 12 heavy (non-hydrogen) atoms. The smallest absolute Gasteiger partial charge is 0.0171 e. The van der Waals surface area contributed by atoms with Crippen molar-refractivity contribution in [3.8, 4) is 0 Å². The van der Waals surface area contributed by atoms with Gasteiger partial charge in [0.15, 0.2) is 0 Å². The molecule has 72 valence electrons. The van der Waals surface area contributed by atoms with Crippen LogP contribution < -0.4 is 0 Å². The minimum atomic E-state index is 0.751. The quantitative estimate of drug-likeness (QED) is 0.634. The summed E-state index contributed by atoms with van der Waals surface area (Å²) in [6.07, 6.45) is 8.64. The fourth-order valence-electron chi connectivity index (χ4n) is 2.33. The first-order valence-electron chi connectivity index (χ1n) is 5.39. The van der Waals surface area contributed by atoms with E-state index in [0.29, 0.717) is 0 Å². The Morgan fingerprint density at radius 3 is 2.33 bits per heavy atom. The molecule has 1 aliphatic carbocycles. The highest BCUT2D eigenvalue weighted by atomic mass is 79.9. The molecule has 2 unspecified atom stereocenters. The van der Waals surface area contributed by atoms with Gasteiger partial charge in [-0.2, -0.15) is 0 Å². The van der Waals surface area contributed by atoms with E-state index < -0.39 is 0 Å². The van der Waals surface area contributed by atoms with Crippen LogP contribution in [-0.2, 0) is 0 Å². The topological polar surface area (TPSA) is 0 Å². The molecule has 0 amide bonds. The van der Waals surface area contributed by atoms with E-state index in [-0.39, 0.29) is 0 Å². The molecule has 1 heteroatoms. The van der Waals surface area contributed by atoms with Crippen molar-refractivity contribution < 1.29 is 0 Å². The predicted octanol–water partition coefficient (Wildman–Crippen LogP) is 4.38. The number of hydrogen-bond donors (Lipinski definition) is 0. The van der Waals surface area contributed by atoms with Crippen LogP contribution in [0.15, 0.2) is 0 Å². The van der Waals surface area contributed by atoms with Gasteiger partial charge in [-0.05, 0) is 18.3 Å². The van der Waals surface area contributed by atoms with Crippen LogP contribution >= 0.6 is 15.9 Å². The van der Waals surface area contributed by atoms with Gasteiger partial charge in [0.25, 0.3) is 0 Å². The van der Waals surface area contributed by atoms with Crippen molar-refractivity contribution in [3.05, 3.63) is 0 Å². The van der Waals surface area contributed by atoms with Gasteiger partial charge in [-0.1, -0.05) is 61.9 Å². The van der Waals surface area contributed by atoms with Crippen molar-refractivity contribution >= 4 is 15.9 Å². The van der Waals surface area contributed by atoms with Gasteiger partial charge in [-0.3, -0.25) is 0 Å². The molecule has 1 fully saturated rings. The molecule has 0 radical (unpaired) electrons. The highest BCUT2D eigenvalue weighted by Gasteiger charge is 2.24. The van der Waals surface area contributed by atoms with Crippen molar-refractivity contribution in [2.75, 3.05) is 0 Å². The maximum atomic E-state index is 3.78. The van der Waals surface area contributed by atoms with Gasteiger partial charge >= 0.3 is 0 Å². The second-order valence-corrected chi connectivity index (χ2v) is 5.36. The third kappa shape index (κ3) is 2.76. The zero-order chi connectivity index (χ0) is 8.97. The average molecular weight is 233 g/mol. The minimum absolute atomic E-state index is 0.751. The molecule has 1 rings (SSSR count). The van der Waals surface area contributed by atoms with E-state index in [1.807, 2.05) is 0 Å². The zero-order valence-electron chi connectivity index (χ0n) is 8.35. The van der Waals surface area contributed by atoms with Crippen molar-refractivity contribution in [3.63, 3.8) is 0 Å². The number of alkyl halides is 1. The Labute approximate surface area is 85.3 Å². The van der Waals surface area contributed by atoms with E-state index >= 15 is 0 Å². The lowest BCUT2D eigenvalue weighted by Gasteiger charge is -2.30. The van der Waals surface area contributed by atoms with Crippen molar-refractivity contribution in [1.29, 1.82) is 0 Å². The number of halogens is 1. The SMILES string of the molecule is CCC(Br)C(C)C1CCCCC1. The van der Waals surface area contributed by atoms with E-state index in [4.69, 9.17) is 0 Å². The van der Waals surface area contributed by atoms with Gasteiger partial charge in [0.2, 0.25) is 0 Å². The van der Waals surface area contributed by atoms with Crippen LogP contribution in [0.4, 0.5) is 0 Å². The Morgan fingerprint density at radius 2 is 1.83 bits per heavy atom. The normalized spacial score (nSPS) is 25.2. The summed E-state index contributed by atoms with van der Waals surface area (Å²) in [6.45, 7) is 4.69. The molecular formula is C11H21Br. The fourth-order valence-corrected chi connectivity index (χ4v) is 2.76. The van der Waals surface area contributed by atoms with Crippen molar-refractivity contribution in [2.24, 2.45) is 11.8 Å². The lowest BCUT2D eigenvalue weighted by Crippen LogP contribution is -2.22. The van der Waals surface area contributed by atoms with E-state index in [1.54, 1.807) is 0 Å². The van der Waals surface area contributed by atoms with Gasteiger partial charge in [-0.15, -0.1) is 0 Å². The Kier molecular flexibility index (Phi) is 4.63. The maximum Gasteiger partial charge on any atom is 0.0171 e. The van der Waals surface area contributed by atoms with E-state index in [2.05, 4.69) is 29.8 Å². The highest BCUT2D eigenvalue weighted by molar-refractivity contribution is 9.09. The maximum absolute atomic E-state index is 3.78. The van der Waals surface area contributed by atoms with Crippen molar-refractivity contribution in [1.82, 2.24) is 0 Å². The molecule has 0 aromatic carbocycles. The van der Waals surface area contributed by atoms with Crippen LogP contribution in [0.1, 0.15) is 52.4 Å². The first kappa shape index (κ1) is 10.6. The molecule has 0 heterocycles. The van der Waals surface area contributed by atoms with Crippen LogP contribution in [0, 0.1) is 11.8 Å². The molecule has 0 spiro atoms. The van der Waals surface area contributed by atoms with Crippen LogP contribution in [-0.4, -0.2) is 4.83 Å². The molecule has 0 N–H and O–H groups in total. The molecule has 0 aromatic heterocycles. The van der Waals surface area contributed by atoms with Gasteiger partial charge in [0.05, 0.1) is 0 Å². The van der Waals surface area contributed by atoms with Crippen LogP contribution in [0.2, 0.25) is 0 Å². The van der Waals surface area contributed by atoms with Gasteiger partial charge in [0, 0.05) is 4.83 Å². The highest BCUT2D eigenvalue weighted by Crippen LogP contribution is 2.34. The molecule has 0 saturated heterocycles. The van der Waals surface area contributed by atoms with Crippen molar-refractivity contribution in [2.45, 2.75) is 57.2 Å². The van der Waals surface area contributed by atoms with Crippen LogP contribution in [0.3, 0.4) is 0 Å². The number of rotatable bonds is 3. The summed E-state index contributed by atoms with van der Waals surface area (Å²) in [6, 6.07) is 0. The summed E-state index contributed by atoms with van der Waals surface area (Å²) in [5.41, 5.74) is 0. The standard InChI is InChI=1S/C11H21Br/c1-3-11(12)9(2)10-7-5-4-6-8-10/h9-11H,3-8H2,1-2H3. The average Bonchev–Trinajstić information content (AvgIpc) is 2.17. The lowest BCUT2D eigenvalue weighted by atomic mass is 9.79. The van der Waals surface area contributed by atoms with Crippen LogP contribution in [0.5, 0.6) is 0 Å². The van der Waals surface area contributed by atoms with Gasteiger partial charge in [-0.25, -0.2) is 0 Å². The zero-order valence-corrected chi connectivity index (χ0v) is 9.94. The number of hydrogen-bond acceptors (Lipinski definition) is 0. The first-order chi connectivity index (χ1) is 5.75. The van der Waals surface area contributed by atoms with Gasteiger partial charge < -0.3 is 0 Å². The predicted molar refractivity (Wildman–Crippen MR) is 58.7 cm³/mol. The second kappa shape index (κ2) is 5.26. The fraction of sp³-hybridized carbons (Fsp3) is 1.00. The Bertz CT molecular complexity index is 116. The summed E-state index contributed by atoms with van der Waals surface area (Å²) in [4.78, 5) is 0.751. The summed E-state index contributed by atoms with van der Waals surface area (Å²) in [5.74, 6) is 1.89. The van der Waals surface area contributed by atoms with E-state index in [0.717, 1.165) is 16.7 Å². The monoisotopic (exact) mass is 232 g/mol. The largest absolute Gasteiger partial charge is 0.0888 e. The molecule has 2 atom stereocenters.